The third-order valence-corrected chi connectivity index (χ3v) is 8.91. The van der Waals surface area contributed by atoms with Crippen LogP contribution < -0.4 is 16.0 Å². The van der Waals surface area contributed by atoms with Crippen molar-refractivity contribution in [2.45, 2.75) is 58.5 Å². The molecule has 4 aromatic carbocycles. The molecule has 46 heavy (non-hydrogen) atoms. The number of fused-ring (bicyclic) bond motifs is 1. The largest absolute Gasteiger partial charge is 0.508 e. The lowest BCUT2D eigenvalue weighted by atomic mass is 9.82. The van der Waals surface area contributed by atoms with Crippen LogP contribution in [0.25, 0.3) is 11.1 Å². The summed E-state index contributed by atoms with van der Waals surface area (Å²) < 4.78 is 0. The molecule has 0 spiro atoms. The highest BCUT2D eigenvalue weighted by Gasteiger charge is 2.34. The van der Waals surface area contributed by atoms with E-state index in [4.69, 9.17) is 10.8 Å². The molecule has 0 bridgehead atoms. The number of rotatable bonds is 8. The van der Waals surface area contributed by atoms with Gasteiger partial charge < -0.3 is 16.2 Å². The summed E-state index contributed by atoms with van der Waals surface area (Å²) in [6, 6.07) is 29.6. The van der Waals surface area contributed by atoms with Crippen molar-refractivity contribution in [3.8, 4) is 16.9 Å². The Morgan fingerprint density at radius 2 is 1.63 bits per heavy atom. The molecule has 0 radical (unpaired) electrons. The molecule has 1 saturated carbocycles. The lowest BCUT2D eigenvalue weighted by Gasteiger charge is -2.27. The molecule has 0 unspecified atom stereocenters. The summed E-state index contributed by atoms with van der Waals surface area (Å²) >= 11 is 0. The van der Waals surface area contributed by atoms with Gasteiger partial charge in [0.2, 0.25) is 5.91 Å². The van der Waals surface area contributed by atoms with Crippen molar-refractivity contribution in [2.75, 3.05) is 10.2 Å². The first kappa shape index (κ1) is 31.0. The quantitative estimate of drug-likeness (QED) is 0.186. The fourth-order valence-electron chi connectivity index (χ4n) is 6.26. The molecule has 1 fully saturated rings. The molecule has 236 valence electrons. The summed E-state index contributed by atoms with van der Waals surface area (Å²) in [6.07, 6.45) is 5.46. The molecule has 6 rings (SSSR count). The van der Waals surface area contributed by atoms with Crippen molar-refractivity contribution >= 4 is 34.7 Å². The molecule has 3 amide bonds. The molecule has 1 aliphatic heterocycles. The van der Waals surface area contributed by atoms with Gasteiger partial charge in [0.05, 0.1) is 29.7 Å². The Morgan fingerprint density at radius 3 is 2.33 bits per heavy atom. The average Bonchev–Trinajstić information content (AvgIpc) is 3.19. The highest BCUT2D eigenvalue weighted by atomic mass is 16.3. The van der Waals surface area contributed by atoms with Crippen molar-refractivity contribution in [1.29, 1.82) is 0 Å². The van der Waals surface area contributed by atoms with Gasteiger partial charge in [-0.3, -0.25) is 9.69 Å². The van der Waals surface area contributed by atoms with E-state index < -0.39 is 6.04 Å². The maximum atomic E-state index is 14.6. The maximum absolute atomic E-state index is 14.6. The molecular weight excluding hydrogens is 574 g/mol. The predicted molar refractivity (Wildman–Crippen MR) is 184 cm³/mol. The molecule has 0 aromatic heterocycles. The minimum Gasteiger partial charge on any atom is -0.508 e. The SMILES string of the molecule is CC(C)[C@H](N)C(=O)Nc1ccc(N2C(=O)N(Cc3ccccc3)N=C(C3CCCCC3)c3cc(-c4cccc(O)c4)ccc32)cc1. The minimum atomic E-state index is -0.624. The van der Waals surface area contributed by atoms with Gasteiger partial charge in [-0.1, -0.05) is 81.6 Å². The van der Waals surface area contributed by atoms with Crippen LogP contribution in [0.5, 0.6) is 5.75 Å². The number of nitrogens with one attached hydrogen (secondary N) is 1. The number of hydrazone groups is 1. The molecule has 8 nitrogen and oxygen atoms in total. The van der Waals surface area contributed by atoms with Gasteiger partial charge in [0.1, 0.15) is 5.75 Å². The van der Waals surface area contributed by atoms with Gasteiger partial charge in [0.15, 0.2) is 0 Å². The zero-order valence-electron chi connectivity index (χ0n) is 26.4. The number of amides is 3. The summed E-state index contributed by atoms with van der Waals surface area (Å²) in [7, 11) is 0. The van der Waals surface area contributed by atoms with Crippen molar-refractivity contribution in [3.63, 3.8) is 0 Å². The zero-order chi connectivity index (χ0) is 32.2. The number of carbonyl (C=O) groups excluding carboxylic acids is 2. The van der Waals surface area contributed by atoms with Gasteiger partial charge in [0.25, 0.3) is 0 Å². The Hall–Kier alpha value is -4.95. The number of urea groups is 1. The topological polar surface area (TPSA) is 111 Å². The number of carbonyl (C=O) groups is 2. The van der Waals surface area contributed by atoms with E-state index in [9.17, 15) is 14.7 Å². The molecule has 8 heteroatoms. The highest BCUT2D eigenvalue weighted by Crippen LogP contribution is 2.40. The first-order chi connectivity index (χ1) is 22.3. The summed E-state index contributed by atoms with van der Waals surface area (Å²) in [6.45, 7) is 4.14. The normalized spacial score (nSPS) is 16.1. The monoisotopic (exact) mass is 615 g/mol. The van der Waals surface area contributed by atoms with Crippen LogP contribution >= 0.6 is 0 Å². The highest BCUT2D eigenvalue weighted by molar-refractivity contribution is 6.14. The number of anilines is 3. The molecular formula is C38H41N5O3. The molecule has 4 aromatic rings. The first-order valence-corrected chi connectivity index (χ1v) is 16.1. The minimum absolute atomic E-state index is 0.00389. The fourth-order valence-corrected chi connectivity index (χ4v) is 6.26. The summed E-state index contributed by atoms with van der Waals surface area (Å²) in [5.74, 6) is 0.156. The van der Waals surface area contributed by atoms with Crippen LogP contribution in [0.15, 0.2) is 102 Å². The van der Waals surface area contributed by atoms with E-state index >= 15 is 0 Å². The van der Waals surface area contributed by atoms with Crippen LogP contribution in [0.1, 0.15) is 57.1 Å². The summed E-state index contributed by atoms with van der Waals surface area (Å²) in [5.41, 5.74) is 12.7. The number of aromatic hydroxyl groups is 1. The van der Waals surface area contributed by atoms with Crippen LogP contribution in [0.4, 0.5) is 21.9 Å². The van der Waals surface area contributed by atoms with Crippen molar-refractivity contribution in [3.05, 3.63) is 108 Å². The van der Waals surface area contributed by atoms with E-state index in [1.807, 2.05) is 80.6 Å². The second-order valence-corrected chi connectivity index (χ2v) is 12.6. The Morgan fingerprint density at radius 1 is 0.913 bits per heavy atom. The average molecular weight is 616 g/mol. The number of phenols is 1. The van der Waals surface area contributed by atoms with Crippen LogP contribution in [-0.2, 0) is 11.3 Å². The zero-order valence-corrected chi connectivity index (χ0v) is 26.4. The Labute approximate surface area is 270 Å². The second-order valence-electron chi connectivity index (χ2n) is 12.6. The molecule has 4 N–H and O–H groups in total. The molecule has 1 heterocycles. The standard InChI is InChI=1S/C38H41N5O3/c1-25(2)35(39)37(45)40-30-17-19-31(20-18-30)43-34-21-16-29(28-14-9-15-32(44)22-28)23-33(34)36(27-12-7-4-8-13-27)41-42(38(43)46)24-26-10-5-3-6-11-26/h3,5-6,9-11,14-23,25,27,35,44H,4,7-8,12-13,24,39H2,1-2H3,(H,40,45)/t35-/m0/s1. The van der Waals surface area contributed by atoms with E-state index in [0.717, 1.165) is 59.3 Å². The van der Waals surface area contributed by atoms with Crippen LogP contribution in [0.2, 0.25) is 0 Å². The molecule has 2 aliphatic rings. The van der Waals surface area contributed by atoms with Crippen molar-refractivity contribution < 1.29 is 14.7 Å². The molecule has 1 aliphatic carbocycles. The van der Waals surface area contributed by atoms with Gasteiger partial charge in [-0.25, -0.2) is 9.80 Å². The lowest BCUT2D eigenvalue weighted by Crippen LogP contribution is -2.39. The summed E-state index contributed by atoms with van der Waals surface area (Å²) in [5, 5.41) is 19.9. The van der Waals surface area contributed by atoms with E-state index in [1.165, 1.54) is 6.42 Å². The van der Waals surface area contributed by atoms with E-state index in [2.05, 4.69) is 11.4 Å². The number of phenolic OH excluding ortho intramolecular Hbond substituents is 1. The Balaban J connectivity index is 1.47. The Kier molecular flexibility index (Phi) is 9.17. The van der Waals surface area contributed by atoms with Crippen LogP contribution in [0, 0.1) is 11.8 Å². The van der Waals surface area contributed by atoms with E-state index in [0.29, 0.717) is 17.9 Å². The third-order valence-electron chi connectivity index (χ3n) is 8.91. The van der Waals surface area contributed by atoms with E-state index in [-0.39, 0.29) is 29.5 Å². The van der Waals surface area contributed by atoms with Crippen LogP contribution in [-0.4, -0.2) is 33.8 Å². The number of hydrogen-bond donors (Lipinski definition) is 3. The van der Waals surface area contributed by atoms with Gasteiger partial charge in [-0.15, -0.1) is 0 Å². The van der Waals surface area contributed by atoms with Gasteiger partial charge in [-0.2, -0.15) is 5.10 Å². The second kappa shape index (κ2) is 13.6. The summed E-state index contributed by atoms with van der Waals surface area (Å²) in [4.78, 5) is 28.9. The first-order valence-electron chi connectivity index (χ1n) is 16.1. The number of benzene rings is 4. The molecule has 0 saturated heterocycles. The van der Waals surface area contributed by atoms with Crippen molar-refractivity contribution in [2.24, 2.45) is 22.7 Å². The fraction of sp³-hybridized carbons (Fsp3) is 0.289. The number of hydrogen-bond acceptors (Lipinski definition) is 5. The third kappa shape index (κ3) is 6.67. The molecule has 1 atom stereocenters. The predicted octanol–water partition coefficient (Wildman–Crippen LogP) is 8.04. The maximum Gasteiger partial charge on any atom is 0.349 e. The van der Waals surface area contributed by atoms with Crippen molar-refractivity contribution in [1.82, 2.24) is 5.01 Å². The van der Waals surface area contributed by atoms with Gasteiger partial charge in [-0.05, 0) is 84.0 Å². The lowest BCUT2D eigenvalue weighted by molar-refractivity contribution is -0.118. The van der Waals surface area contributed by atoms with E-state index in [1.54, 1.807) is 34.2 Å². The van der Waals surface area contributed by atoms with Crippen LogP contribution in [0.3, 0.4) is 0 Å². The smallest absolute Gasteiger partial charge is 0.349 e. The van der Waals surface area contributed by atoms with Gasteiger partial charge in [0, 0.05) is 17.2 Å². The number of nitrogens with two attached hydrogens (primary N) is 1. The Bertz CT molecular complexity index is 1730. The van der Waals surface area contributed by atoms with Gasteiger partial charge >= 0.3 is 6.03 Å². The number of nitrogens with zero attached hydrogens (tertiary/aromatic N) is 3.